The molecule has 3 unspecified atom stereocenters. The summed E-state index contributed by atoms with van der Waals surface area (Å²) >= 11 is 0. The number of carbonyl (C=O) groups excluding carboxylic acids is 4. The predicted molar refractivity (Wildman–Crippen MR) is 276 cm³/mol. The molecule has 19 N–H and O–H groups in total. The minimum Gasteiger partial charge on any atom is -0.494 e. The second-order valence-corrected chi connectivity index (χ2v) is 17.4. The maximum atomic E-state index is 13.8. The van der Waals surface area contributed by atoms with Gasteiger partial charge in [-0.3, -0.25) is 34.2 Å². The molecule has 1 saturated heterocycles. The first-order valence-corrected chi connectivity index (χ1v) is 23.6. The second kappa shape index (κ2) is 25.5. The third-order valence-electron chi connectivity index (χ3n) is 11.8. The molecule has 0 radical (unpaired) electrons. The summed E-state index contributed by atoms with van der Waals surface area (Å²) in [6.45, 7) is 4.79. The normalized spacial score (nSPS) is 14.0. The van der Waals surface area contributed by atoms with Gasteiger partial charge in [-0.05, 0) is 101 Å². The number of hydrogen-bond acceptors (Lipinski definition) is 12. The lowest BCUT2D eigenvalue weighted by Crippen LogP contribution is -2.56. The number of nitrogens with two attached hydrogens (primary N) is 7. The highest BCUT2D eigenvalue weighted by molar-refractivity contribution is 5.94. The Hall–Kier alpha value is -8.15. The highest BCUT2D eigenvalue weighted by Gasteiger charge is 2.29. The topological polar surface area (TPSA) is 397 Å². The van der Waals surface area contributed by atoms with Gasteiger partial charge in [0.2, 0.25) is 23.6 Å². The Balaban J connectivity index is 1.04. The van der Waals surface area contributed by atoms with Gasteiger partial charge < -0.3 is 80.6 Å². The molecule has 0 spiro atoms. The smallest absolute Gasteiger partial charge is 0.243 e. The monoisotopic (exact) mass is 978 g/mol. The number of imidazole rings is 2. The molecule has 3 aromatic carbocycles. The minimum absolute atomic E-state index is 0.0223. The van der Waals surface area contributed by atoms with Crippen LogP contribution in [0.3, 0.4) is 0 Å². The number of hydrogen-bond donors (Lipinski definition) is 12. The van der Waals surface area contributed by atoms with E-state index in [0.717, 1.165) is 65.2 Å². The molecule has 3 heterocycles. The molecule has 24 heteroatoms. The van der Waals surface area contributed by atoms with Gasteiger partial charge in [-0.15, -0.1) is 0 Å². The van der Waals surface area contributed by atoms with Gasteiger partial charge >= 0.3 is 0 Å². The van der Waals surface area contributed by atoms with Gasteiger partial charge in [0.15, 0.2) is 17.9 Å². The Labute approximate surface area is 411 Å². The molecule has 3 atom stereocenters. The fourth-order valence-corrected chi connectivity index (χ4v) is 7.99. The van der Waals surface area contributed by atoms with Crippen LogP contribution < -0.4 is 65.7 Å². The van der Waals surface area contributed by atoms with E-state index < -0.39 is 41.8 Å². The molecule has 1 aliphatic heterocycles. The molecule has 4 amide bonds. The lowest BCUT2D eigenvalue weighted by molar-refractivity contribution is -0.133. The van der Waals surface area contributed by atoms with E-state index in [1.165, 1.54) is 5.69 Å². The molecule has 0 aliphatic carbocycles. The van der Waals surface area contributed by atoms with E-state index in [4.69, 9.17) is 54.8 Å². The summed E-state index contributed by atoms with van der Waals surface area (Å²) in [4.78, 5) is 86.2. The van der Waals surface area contributed by atoms with E-state index in [1.807, 2.05) is 42.5 Å². The Bertz CT molecular complexity index is 2690. The van der Waals surface area contributed by atoms with Gasteiger partial charge in [0, 0.05) is 69.0 Å². The summed E-state index contributed by atoms with van der Waals surface area (Å²) in [5.41, 5.74) is 44.7. The maximum absolute atomic E-state index is 13.8. The summed E-state index contributed by atoms with van der Waals surface area (Å²) in [6, 6.07) is 16.5. The van der Waals surface area contributed by atoms with Crippen LogP contribution in [0, 0.1) is 0 Å². The molecule has 1 fully saturated rings. The van der Waals surface area contributed by atoms with Crippen LogP contribution in [0.1, 0.15) is 51.4 Å². The zero-order valence-corrected chi connectivity index (χ0v) is 40.0. The molecule has 71 heavy (non-hydrogen) atoms. The molecule has 24 nitrogen and oxygen atoms in total. The summed E-state index contributed by atoms with van der Waals surface area (Å²) in [5.74, 6) is -0.902. The van der Waals surface area contributed by atoms with Crippen molar-refractivity contribution in [2.45, 2.75) is 69.5 Å². The first-order valence-electron chi connectivity index (χ1n) is 23.6. The maximum Gasteiger partial charge on any atom is 0.243 e. The number of aromatic nitrogens is 4. The molecule has 5 aromatic rings. The van der Waals surface area contributed by atoms with Crippen molar-refractivity contribution in [1.82, 2.24) is 40.8 Å². The van der Waals surface area contributed by atoms with Crippen LogP contribution in [0.4, 0.5) is 5.69 Å². The van der Waals surface area contributed by atoms with Crippen LogP contribution in [0.2, 0.25) is 0 Å². The molecule has 380 valence electrons. The molecular formula is C47H67N19O5. The van der Waals surface area contributed by atoms with Gasteiger partial charge in [0.05, 0.1) is 28.7 Å². The molecule has 6 rings (SSSR count). The SMILES string of the molecule is CN1CCN(c2ccc3nc(-c4ccc5nc(-c6cccc(OCCCC(=O)NC(CCCN=C(N)N)C(=O)NC(CCCN=C(N)N)C(=O)NC(CCCN=C(N)N)C(N)=O)c6)[nH]c5c4)[nH]c3c2)CC1. The zero-order valence-electron chi connectivity index (χ0n) is 40.0. The van der Waals surface area contributed by atoms with Crippen LogP contribution in [0.25, 0.3) is 44.8 Å². The van der Waals surface area contributed by atoms with Crippen LogP contribution >= 0.6 is 0 Å². The highest BCUT2D eigenvalue weighted by Crippen LogP contribution is 2.29. The van der Waals surface area contributed by atoms with E-state index in [0.29, 0.717) is 30.8 Å². The number of nitrogens with zero attached hydrogens (tertiary/aromatic N) is 7. The Morgan fingerprint density at radius 3 is 1.73 bits per heavy atom. The van der Waals surface area contributed by atoms with E-state index in [9.17, 15) is 19.2 Å². The third-order valence-corrected chi connectivity index (χ3v) is 11.8. The molecule has 0 saturated carbocycles. The number of guanidine groups is 3. The number of aliphatic imine (C=N–C) groups is 3. The van der Waals surface area contributed by atoms with E-state index in [2.05, 4.69) is 75.9 Å². The van der Waals surface area contributed by atoms with E-state index in [-0.39, 0.29) is 76.2 Å². The van der Waals surface area contributed by atoms with Gasteiger partial charge in [0.25, 0.3) is 0 Å². The summed E-state index contributed by atoms with van der Waals surface area (Å²) in [5, 5.41) is 8.11. The average Bonchev–Trinajstić information content (AvgIpc) is 3.97. The number of anilines is 1. The summed E-state index contributed by atoms with van der Waals surface area (Å²) in [7, 11) is 2.15. The number of benzene rings is 3. The quantitative estimate of drug-likeness (QED) is 0.0194. The van der Waals surface area contributed by atoms with E-state index in [1.54, 1.807) is 0 Å². The fraction of sp³-hybridized carbons (Fsp3) is 0.426. The molecule has 2 aromatic heterocycles. The number of ether oxygens (including phenoxy) is 1. The molecular weight excluding hydrogens is 911 g/mol. The van der Waals surface area contributed by atoms with Crippen molar-refractivity contribution in [3.63, 3.8) is 0 Å². The third kappa shape index (κ3) is 16.0. The Morgan fingerprint density at radius 2 is 1.15 bits per heavy atom. The van der Waals surface area contributed by atoms with Crippen LogP contribution in [0.15, 0.2) is 75.6 Å². The van der Waals surface area contributed by atoms with Crippen molar-refractivity contribution in [2.75, 3.05) is 64.4 Å². The minimum atomic E-state index is -1.15. The Morgan fingerprint density at radius 1 is 0.634 bits per heavy atom. The van der Waals surface area contributed by atoms with E-state index >= 15 is 0 Å². The molecule has 0 bridgehead atoms. The number of aromatic amines is 2. The fourth-order valence-electron chi connectivity index (χ4n) is 7.99. The number of fused-ring (bicyclic) bond motifs is 2. The summed E-state index contributed by atoms with van der Waals surface area (Å²) < 4.78 is 6.06. The number of rotatable bonds is 26. The number of carbonyl (C=O) groups is 4. The van der Waals surface area contributed by atoms with Crippen LogP contribution in [-0.4, -0.2) is 144 Å². The van der Waals surface area contributed by atoms with Crippen molar-refractivity contribution in [1.29, 1.82) is 0 Å². The lowest BCUT2D eigenvalue weighted by Gasteiger charge is -2.34. The first-order chi connectivity index (χ1) is 34.1. The standard InChI is InChI=1S/C47H67N19O5/c1-65-20-22-66(23-21-65)30-14-16-33-38(27-30)62-42(60-33)29-13-15-32-37(26-29)61-41(59-32)28-7-2-8-31(25-28)71-24-6-12-39(67)58-35(10-4-18-56-46(51)52)43(69)64-36(11-5-19-57-47(53)54)44(70)63-34(40(48)68)9-3-17-55-45(49)50/h2,7-8,13-16,25-27,34-36H,3-6,9-12,17-24H2,1H3,(H2,48,68)(H,58,67)(H,59,61)(H,60,62)(H,63,70)(H,64,69)(H4,49,50,55)(H4,51,52,56)(H4,53,54,57). The largest absolute Gasteiger partial charge is 0.494 e. The first kappa shape index (κ1) is 52.2. The number of likely N-dealkylation sites (N-methyl/N-ethyl adjacent to an activating group) is 1. The van der Waals surface area contributed by atoms with Gasteiger partial charge in [-0.1, -0.05) is 12.1 Å². The van der Waals surface area contributed by atoms with Crippen molar-refractivity contribution < 1.29 is 23.9 Å². The van der Waals surface area contributed by atoms with Crippen molar-refractivity contribution in [3.8, 4) is 28.5 Å². The Kier molecular flexibility index (Phi) is 18.7. The van der Waals surface area contributed by atoms with Crippen LogP contribution in [0.5, 0.6) is 5.75 Å². The van der Waals surface area contributed by atoms with Crippen molar-refractivity contribution in [3.05, 3.63) is 60.7 Å². The number of primary amides is 1. The predicted octanol–water partition coefficient (Wildman–Crippen LogP) is -0.216. The van der Waals surface area contributed by atoms with Crippen molar-refractivity contribution >= 4 is 69.3 Å². The zero-order chi connectivity index (χ0) is 50.9. The van der Waals surface area contributed by atoms with Gasteiger partial charge in [-0.2, -0.15) is 0 Å². The van der Waals surface area contributed by atoms with Crippen molar-refractivity contribution in [2.24, 2.45) is 55.1 Å². The summed E-state index contributed by atoms with van der Waals surface area (Å²) in [6.07, 6.45) is 1.64. The molecule has 1 aliphatic rings. The number of piperazine rings is 1. The number of amides is 4. The number of H-pyrrole nitrogens is 2. The van der Waals surface area contributed by atoms with Crippen LogP contribution in [-0.2, 0) is 19.2 Å². The highest BCUT2D eigenvalue weighted by atomic mass is 16.5. The van der Waals surface area contributed by atoms with Gasteiger partial charge in [-0.25, -0.2) is 9.97 Å². The number of nitrogens with one attached hydrogen (secondary N) is 5. The average molecular weight is 978 g/mol. The second-order valence-electron chi connectivity index (χ2n) is 17.4. The lowest BCUT2D eigenvalue weighted by atomic mass is 10.1. The van der Waals surface area contributed by atoms with Gasteiger partial charge in [0.1, 0.15) is 35.5 Å².